The predicted molar refractivity (Wildman–Crippen MR) is 89.8 cm³/mol. The maximum atomic E-state index is 12.1. The van der Waals surface area contributed by atoms with E-state index in [1.54, 1.807) is 11.7 Å². The SMILES string of the molecule is O=C(Nc1nncs1)c1ccc(N(CC2CC2)CC2CC2)nc1. The van der Waals surface area contributed by atoms with Crippen LogP contribution in [0.3, 0.4) is 0 Å². The van der Waals surface area contributed by atoms with Crippen molar-refractivity contribution in [1.82, 2.24) is 15.2 Å². The first kappa shape index (κ1) is 14.6. The van der Waals surface area contributed by atoms with Gasteiger partial charge in [-0.05, 0) is 49.7 Å². The summed E-state index contributed by atoms with van der Waals surface area (Å²) in [5.74, 6) is 2.44. The average Bonchev–Trinajstić information content (AvgIpc) is 3.49. The topological polar surface area (TPSA) is 71.0 Å². The van der Waals surface area contributed by atoms with Gasteiger partial charge in [0.05, 0.1) is 5.56 Å². The summed E-state index contributed by atoms with van der Waals surface area (Å²) in [6, 6.07) is 3.80. The Morgan fingerprint density at radius 2 is 1.96 bits per heavy atom. The summed E-state index contributed by atoms with van der Waals surface area (Å²) in [7, 11) is 0. The number of rotatable bonds is 7. The van der Waals surface area contributed by atoms with Crippen LogP contribution >= 0.6 is 11.3 Å². The van der Waals surface area contributed by atoms with E-state index in [9.17, 15) is 4.79 Å². The lowest BCUT2D eigenvalue weighted by molar-refractivity contribution is 0.102. The summed E-state index contributed by atoms with van der Waals surface area (Å²) in [4.78, 5) is 19.1. The predicted octanol–water partition coefficient (Wildman–Crippen LogP) is 2.81. The number of nitrogens with one attached hydrogen (secondary N) is 1. The molecular weight excluding hydrogens is 310 g/mol. The van der Waals surface area contributed by atoms with Gasteiger partial charge in [-0.3, -0.25) is 10.1 Å². The lowest BCUT2D eigenvalue weighted by Crippen LogP contribution is -2.29. The van der Waals surface area contributed by atoms with Gasteiger partial charge in [-0.2, -0.15) is 0 Å². The summed E-state index contributed by atoms with van der Waals surface area (Å²) in [5.41, 5.74) is 2.13. The zero-order valence-corrected chi connectivity index (χ0v) is 13.6. The van der Waals surface area contributed by atoms with Crippen LogP contribution in [0, 0.1) is 11.8 Å². The summed E-state index contributed by atoms with van der Waals surface area (Å²) in [6.07, 6.45) is 7.00. The average molecular weight is 329 g/mol. The van der Waals surface area contributed by atoms with Crippen molar-refractivity contribution >= 4 is 28.2 Å². The molecule has 1 amide bonds. The van der Waals surface area contributed by atoms with Crippen molar-refractivity contribution in [2.24, 2.45) is 11.8 Å². The molecule has 0 spiro atoms. The number of hydrogen-bond acceptors (Lipinski definition) is 6. The smallest absolute Gasteiger partial charge is 0.259 e. The van der Waals surface area contributed by atoms with Crippen LogP contribution in [0.5, 0.6) is 0 Å². The molecule has 2 saturated carbocycles. The highest BCUT2D eigenvalue weighted by Crippen LogP contribution is 2.35. The van der Waals surface area contributed by atoms with Crippen molar-refractivity contribution < 1.29 is 4.79 Å². The minimum Gasteiger partial charge on any atom is -0.356 e. The third kappa shape index (κ3) is 3.85. The van der Waals surface area contributed by atoms with E-state index in [4.69, 9.17) is 0 Å². The Bertz CT molecular complexity index is 650. The van der Waals surface area contributed by atoms with Crippen LogP contribution in [0.15, 0.2) is 23.8 Å². The first-order valence-electron chi connectivity index (χ1n) is 8.06. The molecular formula is C16H19N5OS. The second-order valence-corrected chi connectivity index (χ2v) is 7.23. The van der Waals surface area contributed by atoms with E-state index in [1.807, 2.05) is 12.1 Å². The number of carbonyl (C=O) groups is 1. The number of nitrogens with zero attached hydrogens (tertiary/aromatic N) is 4. The Morgan fingerprint density at radius 3 is 2.48 bits per heavy atom. The molecule has 0 unspecified atom stereocenters. The molecule has 0 saturated heterocycles. The van der Waals surface area contributed by atoms with Gasteiger partial charge in [-0.25, -0.2) is 4.98 Å². The molecule has 0 aromatic carbocycles. The van der Waals surface area contributed by atoms with Crippen LogP contribution in [0.4, 0.5) is 10.9 Å². The third-order valence-corrected chi connectivity index (χ3v) is 4.87. The molecule has 0 atom stereocenters. The summed E-state index contributed by atoms with van der Waals surface area (Å²) in [6.45, 7) is 2.19. The number of pyridine rings is 1. The van der Waals surface area contributed by atoms with E-state index in [0.717, 1.165) is 30.7 Å². The zero-order valence-electron chi connectivity index (χ0n) is 12.8. The van der Waals surface area contributed by atoms with Crippen molar-refractivity contribution in [2.75, 3.05) is 23.3 Å². The van der Waals surface area contributed by atoms with Crippen LogP contribution in [-0.2, 0) is 0 Å². The number of aromatic nitrogens is 3. The monoisotopic (exact) mass is 329 g/mol. The standard InChI is InChI=1S/C16H19N5OS/c22-15(19-16-20-18-10-23-16)13-5-6-14(17-7-13)21(8-11-1-2-11)9-12-3-4-12/h5-7,10-12H,1-4,8-9H2,(H,19,20,22). The van der Waals surface area contributed by atoms with Gasteiger partial charge < -0.3 is 4.90 Å². The van der Waals surface area contributed by atoms with E-state index < -0.39 is 0 Å². The number of hydrogen-bond donors (Lipinski definition) is 1. The Morgan fingerprint density at radius 1 is 1.22 bits per heavy atom. The van der Waals surface area contributed by atoms with Gasteiger partial charge in [0.2, 0.25) is 5.13 Å². The maximum absolute atomic E-state index is 12.1. The van der Waals surface area contributed by atoms with Gasteiger partial charge in [-0.15, -0.1) is 10.2 Å². The fourth-order valence-electron chi connectivity index (χ4n) is 2.59. The first-order chi connectivity index (χ1) is 11.3. The molecule has 7 heteroatoms. The van der Waals surface area contributed by atoms with Gasteiger partial charge in [0.1, 0.15) is 11.3 Å². The van der Waals surface area contributed by atoms with E-state index >= 15 is 0 Å². The zero-order chi connectivity index (χ0) is 15.6. The molecule has 2 aliphatic carbocycles. The van der Waals surface area contributed by atoms with E-state index in [0.29, 0.717) is 10.7 Å². The van der Waals surface area contributed by atoms with Gasteiger partial charge >= 0.3 is 0 Å². The van der Waals surface area contributed by atoms with Gasteiger partial charge in [0.15, 0.2) is 0 Å². The molecule has 2 aromatic rings. The largest absolute Gasteiger partial charge is 0.356 e. The number of anilines is 2. The highest BCUT2D eigenvalue weighted by atomic mass is 32.1. The van der Waals surface area contributed by atoms with Crippen molar-refractivity contribution in [3.8, 4) is 0 Å². The van der Waals surface area contributed by atoms with E-state index in [1.165, 1.54) is 37.0 Å². The highest BCUT2D eigenvalue weighted by molar-refractivity contribution is 7.13. The molecule has 2 aliphatic rings. The van der Waals surface area contributed by atoms with Crippen LogP contribution in [0.2, 0.25) is 0 Å². The number of carbonyl (C=O) groups excluding carboxylic acids is 1. The van der Waals surface area contributed by atoms with Gasteiger partial charge in [-0.1, -0.05) is 11.3 Å². The summed E-state index contributed by atoms with van der Waals surface area (Å²) >= 11 is 1.30. The molecule has 2 heterocycles. The third-order valence-electron chi connectivity index (χ3n) is 4.27. The Balaban J connectivity index is 1.43. The maximum Gasteiger partial charge on any atom is 0.259 e. The van der Waals surface area contributed by atoms with E-state index in [-0.39, 0.29) is 5.91 Å². The molecule has 0 bridgehead atoms. The number of amides is 1. The molecule has 0 aliphatic heterocycles. The van der Waals surface area contributed by atoms with Gasteiger partial charge in [0.25, 0.3) is 5.91 Å². The van der Waals surface area contributed by atoms with Crippen molar-refractivity contribution in [2.45, 2.75) is 25.7 Å². The summed E-state index contributed by atoms with van der Waals surface area (Å²) < 4.78 is 0. The van der Waals surface area contributed by atoms with Crippen LogP contribution in [0.25, 0.3) is 0 Å². The summed E-state index contributed by atoms with van der Waals surface area (Å²) in [5, 5.41) is 10.7. The van der Waals surface area contributed by atoms with Crippen molar-refractivity contribution in [3.63, 3.8) is 0 Å². The highest BCUT2D eigenvalue weighted by Gasteiger charge is 2.29. The molecule has 2 fully saturated rings. The first-order valence-corrected chi connectivity index (χ1v) is 8.94. The molecule has 0 radical (unpaired) electrons. The minimum absolute atomic E-state index is 0.197. The quantitative estimate of drug-likeness (QED) is 0.846. The second-order valence-electron chi connectivity index (χ2n) is 6.39. The Labute approximate surface area is 139 Å². The molecule has 6 nitrogen and oxygen atoms in total. The fourth-order valence-corrected chi connectivity index (χ4v) is 3.03. The lowest BCUT2D eigenvalue weighted by atomic mass is 10.2. The molecule has 120 valence electrons. The van der Waals surface area contributed by atoms with Crippen molar-refractivity contribution in [1.29, 1.82) is 0 Å². The second kappa shape index (κ2) is 6.23. The molecule has 4 rings (SSSR count). The Hall–Kier alpha value is -2.02. The fraction of sp³-hybridized carbons (Fsp3) is 0.500. The van der Waals surface area contributed by atoms with Crippen molar-refractivity contribution in [3.05, 3.63) is 29.4 Å². The van der Waals surface area contributed by atoms with Crippen LogP contribution in [0.1, 0.15) is 36.0 Å². The Kier molecular flexibility index (Phi) is 3.95. The molecule has 23 heavy (non-hydrogen) atoms. The van der Waals surface area contributed by atoms with Crippen LogP contribution < -0.4 is 10.2 Å². The normalized spacial score (nSPS) is 17.0. The minimum atomic E-state index is -0.197. The lowest BCUT2D eigenvalue weighted by Gasteiger charge is -2.23. The van der Waals surface area contributed by atoms with E-state index in [2.05, 4.69) is 25.4 Å². The molecule has 2 aromatic heterocycles. The molecule has 1 N–H and O–H groups in total. The van der Waals surface area contributed by atoms with Crippen LogP contribution in [-0.4, -0.2) is 34.2 Å². The van der Waals surface area contributed by atoms with Gasteiger partial charge in [0, 0.05) is 19.3 Å².